The van der Waals surface area contributed by atoms with Crippen molar-refractivity contribution in [1.82, 2.24) is 10.2 Å². The minimum absolute atomic E-state index is 0.289. The molecule has 0 aromatic heterocycles. The van der Waals surface area contributed by atoms with E-state index in [1.165, 1.54) is 19.8 Å². The van der Waals surface area contributed by atoms with Crippen molar-refractivity contribution in [3.63, 3.8) is 0 Å². The minimum atomic E-state index is -0.799. The number of carbonyl (C=O) groups is 3. The van der Waals surface area contributed by atoms with Crippen LogP contribution >= 0.6 is 0 Å². The predicted octanol–water partition coefficient (Wildman–Crippen LogP) is 4.88. The number of rotatable bonds is 10. The normalized spacial score (nSPS) is 19.3. The average Bonchev–Trinajstić information content (AvgIpc) is 3.02. The van der Waals surface area contributed by atoms with Crippen molar-refractivity contribution in [2.45, 2.75) is 44.9 Å². The second-order valence-corrected chi connectivity index (χ2v) is 11.0. The van der Waals surface area contributed by atoms with Gasteiger partial charge in [0.25, 0.3) is 0 Å². The second kappa shape index (κ2) is 14.8. The molecular weight excluding hydrogens is 548 g/mol. The number of nitrogens with one attached hydrogen (secondary N) is 2. The molecule has 2 N–H and O–H groups in total. The first kappa shape index (κ1) is 31.7. The number of piperidine rings is 1. The molecule has 1 unspecified atom stereocenters. The van der Waals surface area contributed by atoms with Crippen LogP contribution in [-0.4, -0.2) is 76.1 Å². The molecule has 1 saturated heterocycles. The topological polar surface area (TPSA) is 119 Å². The fourth-order valence-electron chi connectivity index (χ4n) is 6.08. The van der Waals surface area contributed by atoms with Gasteiger partial charge in [-0.3, -0.25) is 9.79 Å². The first-order chi connectivity index (χ1) is 20.7. The van der Waals surface area contributed by atoms with Crippen molar-refractivity contribution in [2.24, 2.45) is 10.9 Å². The van der Waals surface area contributed by atoms with Gasteiger partial charge in [0.15, 0.2) is 0 Å². The van der Waals surface area contributed by atoms with Crippen LogP contribution in [0.3, 0.4) is 0 Å². The molecule has 0 radical (unpaired) electrons. The largest absolute Gasteiger partial charge is 0.497 e. The van der Waals surface area contributed by atoms with Crippen molar-refractivity contribution >= 4 is 29.4 Å². The Balaban J connectivity index is 1.30. The highest BCUT2D eigenvalue weighted by Crippen LogP contribution is 2.40. The van der Waals surface area contributed by atoms with Crippen LogP contribution in [0.1, 0.15) is 56.1 Å². The van der Waals surface area contributed by atoms with E-state index in [9.17, 15) is 14.4 Å². The molecule has 0 bridgehead atoms. The average molecular weight is 591 g/mol. The number of carbonyl (C=O) groups excluding carboxylic acids is 3. The number of aliphatic imine (C=N–C) groups is 1. The van der Waals surface area contributed by atoms with Crippen molar-refractivity contribution in [2.75, 3.05) is 52.8 Å². The summed E-state index contributed by atoms with van der Waals surface area (Å²) >= 11 is 0. The molecule has 0 aliphatic carbocycles. The first-order valence-corrected chi connectivity index (χ1v) is 14.7. The maximum absolute atomic E-state index is 12.8. The Labute approximate surface area is 253 Å². The number of hydrogen-bond donors (Lipinski definition) is 2. The number of methoxy groups -OCH3 is 3. The Morgan fingerprint density at radius 1 is 0.953 bits per heavy atom. The van der Waals surface area contributed by atoms with E-state index in [1.807, 2.05) is 12.1 Å². The molecule has 1 fully saturated rings. The van der Waals surface area contributed by atoms with Gasteiger partial charge in [-0.2, -0.15) is 0 Å². The summed E-state index contributed by atoms with van der Waals surface area (Å²) in [5.74, 6) is -1.09. The van der Waals surface area contributed by atoms with Crippen LogP contribution in [-0.2, 0) is 19.1 Å². The maximum atomic E-state index is 12.8. The van der Waals surface area contributed by atoms with Crippen molar-refractivity contribution in [3.8, 4) is 5.75 Å². The molecule has 2 atom stereocenters. The third-order valence-electron chi connectivity index (χ3n) is 8.28. The summed E-state index contributed by atoms with van der Waals surface area (Å²) in [5, 5.41) is 5.82. The number of hydrogen-bond acceptors (Lipinski definition) is 8. The van der Waals surface area contributed by atoms with Gasteiger partial charge in [-0.15, -0.1) is 0 Å². The summed E-state index contributed by atoms with van der Waals surface area (Å²) in [7, 11) is 4.30. The molecule has 43 heavy (non-hydrogen) atoms. The number of nitrogens with zero attached hydrogens (tertiary/aromatic N) is 2. The van der Waals surface area contributed by atoms with E-state index in [4.69, 9.17) is 14.2 Å². The SMILES string of the molecule is COC(=O)C1=C(C)N=C(C)C(C(=O)OC)[C@H]1c1cccc(NC(=O)NCCCN2CCC(c3cccc(OC)c3)CC2)c1. The number of benzene rings is 2. The van der Waals surface area contributed by atoms with E-state index in [0.29, 0.717) is 35.1 Å². The first-order valence-electron chi connectivity index (χ1n) is 14.7. The van der Waals surface area contributed by atoms with E-state index < -0.39 is 23.8 Å². The van der Waals surface area contributed by atoms with Crippen molar-refractivity contribution < 1.29 is 28.6 Å². The van der Waals surface area contributed by atoms with Gasteiger partial charge in [0, 0.05) is 29.6 Å². The predicted molar refractivity (Wildman–Crippen MR) is 166 cm³/mol. The molecule has 2 amide bonds. The van der Waals surface area contributed by atoms with Gasteiger partial charge >= 0.3 is 18.0 Å². The third kappa shape index (κ3) is 7.81. The lowest BCUT2D eigenvalue weighted by Crippen LogP contribution is -2.36. The van der Waals surface area contributed by atoms with Crippen LogP contribution in [0.15, 0.2) is 64.8 Å². The van der Waals surface area contributed by atoms with Crippen LogP contribution < -0.4 is 15.4 Å². The fraction of sp³-hybridized carbons (Fsp3) is 0.455. The second-order valence-electron chi connectivity index (χ2n) is 11.0. The summed E-state index contributed by atoms with van der Waals surface area (Å²) in [4.78, 5) is 45.2. The van der Waals surface area contributed by atoms with Crippen LogP contribution in [0.5, 0.6) is 5.75 Å². The van der Waals surface area contributed by atoms with Crippen LogP contribution in [0.4, 0.5) is 10.5 Å². The number of amides is 2. The van der Waals surface area contributed by atoms with Gasteiger partial charge in [-0.1, -0.05) is 24.3 Å². The zero-order chi connectivity index (χ0) is 30.9. The van der Waals surface area contributed by atoms with Gasteiger partial charge in [0.2, 0.25) is 0 Å². The molecule has 230 valence electrons. The van der Waals surface area contributed by atoms with Crippen molar-refractivity contribution in [3.05, 3.63) is 70.9 Å². The fourth-order valence-corrected chi connectivity index (χ4v) is 6.08. The van der Waals surface area contributed by atoms with Gasteiger partial charge in [0.05, 0.1) is 26.9 Å². The number of ether oxygens (including phenoxy) is 3. The summed E-state index contributed by atoms with van der Waals surface area (Å²) in [6.45, 7) is 6.97. The molecule has 0 spiro atoms. The van der Waals surface area contributed by atoms with Gasteiger partial charge in [-0.25, -0.2) is 9.59 Å². The number of anilines is 1. The Kier molecular flexibility index (Phi) is 10.9. The molecule has 2 aromatic rings. The summed E-state index contributed by atoms with van der Waals surface area (Å²) in [6.07, 6.45) is 3.05. The lowest BCUT2D eigenvalue weighted by atomic mass is 9.75. The maximum Gasteiger partial charge on any atom is 0.336 e. The molecule has 2 aliphatic rings. The van der Waals surface area contributed by atoms with E-state index in [-0.39, 0.29) is 11.6 Å². The number of urea groups is 1. The van der Waals surface area contributed by atoms with Gasteiger partial charge in [-0.05, 0) is 94.1 Å². The Morgan fingerprint density at radius 3 is 2.37 bits per heavy atom. The minimum Gasteiger partial charge on any atom is -0.497 e. The molecule has 2 heterocycles. The van der Waals surface area contributed by atoms with E-state index in [2.05, 4.69) is 38.7 Å². The number of esters is 2. The highest BCUT2D eigenvalue weighted by atomic mass is 16.5. The molecule has 10 heteroatoms. The smallest absolute Gasteiger partial charge is 0.336 e. The van der Waals surface area contributed by atoms with E-state index >= 15 is 0 Å². The summed E-state index contributed by atoms with van der Waals surface area (Å²) < 4.78 is 15.5. The molecule has 0 saturated carbocycles. The van der Waals surface area contributed by atoms with Crippen molar-refractivity contribution in [1.29, 1.82) is 0 Å². The molecule has 2 aromatic carbocycles. The molecular formula is C33H42N4O6. The van der Waals surface area contributed by atoms with E-state index in [1.54, 1.807) is 39.2 Å². The van der Waals surface area contributed by atoms with Crippen LogP contribution in [0.25, 0.3) is 0 Å². The van der Waals surface area contributed by atoms with Gasteiger partial charge < -0.3 is 29.7 Å². The zero-order valence-electron chi connectivity index (χ0n) is 25.6. The highest BCUT2D eigenvalue weighted by molar-refractivity contribution is 6.07. The molecule has 10 nitrogen and oxygen atoms in total. The van der Waals surface area contributed by atoms with Crippen LogP contribution in [0, 0.1) is 5.92 Å². The molecule has 4 rings (SSSR count). The summed E-state index contributed by atoms with van der Waals surface area (Å²) in [5.41, 5.74) is 3.86. The summed E-state index contributed by atoms with van der Waals surface area (Å²) in [6, 6.07) is 15.1. The van der Waals surface area contributed by atoms with Gasteiger partial charge in [0.1, 0.15) is 11.7 Å². The molecule has 2 aliphatic heterocycles. The zero-order valence-corrected chi connectivity index (χ0v) is 25.6. The number of likely N-dealkylation sites (tertiary alicyclic amines) is 1. The highest BCUT2D eigenvalue weighted by Gasteiger charge is 2.42. The van der Waals surface area contributed by atoms with E-state index in [0.717, 1.165) is 44.6 Å². The Morgan fingerprint density at radius 2 is 1.67 bits per heavy atom. The lowest BCUT2D eigenvalue weighted by molar-refractivity contribution is -0.143. The quantitative estimate of drug-likeness (QED) is 0.299. The van der Waals surface area contributed by atoms with Crippen LogP contribution in [0.2, 0.25) is 0 Å². The lowest BCUT2D eigenvalue weighted by Gasteiger charge is -2.32. The monoisotopic (exact) mass is 590 g/mol. The Hall–Kier alpha value is -4.18. The number of allylic oxidation sites excluding steroid dienone is 1. The standard InChI is InChI=1S/C33H42N4O6/c1-21-28(31(38)42-4)30(29(22(2)35-21)32(39)43-5)25-10-6-11-26(19-25)36-33(40)34-15-8-16-37-17-13-23(14-18-37)24-9-7-12-27(20-24)41-3/h6-7,9-12,19-20,23,28,30H,8,13-18H2,1-5H3,(H2,34,36,40)/t28?,30-/m1/s1. The Bertz CT molecular complexity index is 1380. The third-order valence-corrected chi connectivity index (χ3v) is 8.28.